The third kappa shape index (κ3) is 4.58. The lowest BCUT2D eigenvalue weighted by Crippen LogP contribution is -2.26. The summed E-state index contributed by atoms with van der Waals surface area (Å²) in [5, 5.41) is 9.76. The van der Waals surface area contributed by atoms with Gasteiger partial charge in [0.2, 0.25) is 10.9 Å². The maximum absolute atomic E-state index is 12.4. The third-order valence-corrected chi connectivity index (χ3v) is 5.92. The molecule has 152 valence electrons. The number of hydrogen-bond donors (Lipinski definition) is 1. The number of hydrogen-bond acceptors (Lipinski definition) is 5. The molecule has 0 fully saturated rings. The van der Waals surface area contributed by atoms with Crippen LogP contribution in [0.2, 0.25) is 5.02 Å². The molecule has 0 spiro atoms. The Morgan fingerprint density at radius 2 is 1.93 bits per heavy atom. The molecule has 0 aliphatic rings. The van der Waals surface area contributed by atoms with Crippen molar-refractivity contribution in [2.24, 2.45) is 0 Å². The van der Waals surface area contributed by atoms with Crippen molar-refractivity contribution in [3.8, 4) is 0 Å². The Morgan fingerprint density at radius 1 is 1.17 bits per heavy atom. The molecule has 1 N–H and O–H groups in total. The predicted molar refractivity (Wildman–Crippen MR) is 118 cm³/mol. The minimum Gasteiger partial charge on any atom is -0.352 e. The molecule has 8 heteroatoms. The molecule has 4 rings (SSSR count). The van der Waals surface area contributed by atoms with Crippen LogP contribution in [-0.4, -0.2) is 20.5 Å². The van der Waals surface area contributed by atoms with Gasteiger partial charge < -0.3 is 5.32 Å². The first-order valence-corrected chi connectivity index (χ1v) is 10.7. The van der Waals surface area contributed by atoms with Crippen LogP contribution in [0.5, 0.6) is 0 Å². The first-order valence-electron chi connectivity index (χ1n) is 9.41. The number of carbonyl (C=O) groups excluding carboxylic acids is 1. The molecular formula is C22H19ClN4O2S. The minimum atomic E-state index is -0.382. The summed E-state index contributed by atoms with van der Waals surface area (Å²) in [6.45, 7) is 2.48. The maximum atomic E-state index is 12.4. The normalized spacial score (nSPS) is 11.0. The Balaban J connectivity index is 1.51. The Bertz CT molecular complexity index is 1260. The van der Waals surface area contributed by atoms with Crippen molar-refractivity contribution in [1.29, 1.82) is 0 Å². The molecule has 30 heavy (non-hydrogen) atoms. The van der Waals surface area contributed by atoms with E-state index in [0.717, 1.165) is 11.1 Å². The van der Waals surface area contributed by atoms with Gasteiger partial charge in [-0.3, -0.25) is 9.59 Å². The summed E-state index contributed by atoms with van der Waals surface area (Å²) in [6, 6.07) is 15.3. The van der Waals surface area contributed by atoms with Crippen LogP contribution in [0.25, 0.3) is 4.96 Å². The third-order valence-electron chi connectivity index (χ3n) is 4.69. The summed E-state index contributed by atoms with van der Waals surface area (Å²) in [7, 11) is 0. The summed E-state index contributed by atoms with van der Waals surface area (Å²) in [5.74, 6) is -0.122. The highest BCUT2D eigenvalue weighted by Crippen LogP contribution is 2.18. The molecule has 6 nitrogen and oxygen atoms in total. The van der Waals surface area contributed by atoms with Crippen LogP contribution in [0.1, 0.15) is 28.1 Å². The van der Waals surface area contributed by atoms with Crippen LogP contribution in [0, 0.1) is 6.92 Å². The van der Waals surface area contributed by atoms with Crippen LogP contribution in [0.15, 0.2) is 58.7 Å². The van der Waals surface area contributed by atoms with Crippen LogP contribution >= 0.6 is 22.9 Å². The predicted octanol–water partition coefficient (Wildman–Crippen LogP) is 3.56. The molecule has 0 aliphatic carbocycles. The largest absolute Gasteiger partial charge is 0.352 e. The van der Waals surface area contributed by atoms with E-state index in [-0.39, 0.29) is 24.3 Å². The maximum Gasteiger partial charge on any atom is 0.296 e. The molecule has 0 saturated carbocycles. The summed E-state index contributed by atoms with van der Waals surface area (Å²) < 4.78 is 1.57. The van der Waals surface area contributed by atoms with Gasteiger partial charge in [0.1, 0.15) is 5.69 Å². The second-order valence-corrected chi connectivity index (χ2v) is 8.24. The van der Waals surface area contributed by atoms with Gasteiger partial charge in [-0.1, -0.05) is 59.6 Å². The van der Waals surface area contributed by atoms with Crippen molar-refractivity contribution < 1.29 is 4.79 Å². The second-order valence-electron chi connectivity index (χ2n) is 6.99. The van der Waals surface area contributed by atoms with Gasteiger partial charge in [-0.15, -0.1) is 11.3 Å². The van der Waals surface area contributed by atoms with Crippen molar-refractivity contribution in [2.45, 2.75) is 26.3 Å². The number of thiazole rings is 1. The average molecular weight is 439 g/mol. The molecule has 0 bridgehead atoms. The number of nitrogens with zero attached hydrogens (tertiary/aromatic N) is 3. The van der Waals surface area contributed by atoms with E-state index in [4.69, 9.17) is 11.6 Å². The molecule has 0 atom stereocenters. The van der Waals surface area contributed by atoms with E-state index in [2.05, 4.69) is 15.4 Å². The summed E-state index contributed by atoms with van der Waals surface area (Å²) in [6.07, 6.45) is 0.429. The molecule has 1 amide bonds. The standard InChI is InChI=1S/C22H19ClN4O2S/c1-14-6-8-15(9-7-14)12-24-20(28)11-17-13-30-22-25-21(29)19(26-27(17)22)10-16-4-2-3-5-18(16)23/h2-9,13H,10-12H2,1H3,(H,24,28). The quantitative estimate of drug-likeness (QED) is 0.499. The molecule has 2 aromatic carbocycles. The molecule has 2 heterocycles. The zero-order chi connectivity index (χ0) is 21.1. The molecule has 0 radical (unpaired) electrons. The van der Waals surface area contributed by atoms with Gasteiger partial charge in [-0.2, -0.15) is 10.1 Å². The van der Waals surface area contributed by atoms with E-state index in [0.29, 0.717) is 27.9 Å². The van der Waals surface area contributed by atoms with E-state index >= 15 is 0 Å². The number of aryl methyl sites for hydroxylation is 1. The molecule has 0 unspecified atom stereocenters. The lowest BCUT2D eigenvalue weighted by Gasteiger charge is -2.07. The summed E-state index contributed by atoms with van der Waals surface area (Å²) >= 11 is 7.50. The second kappa shape index (κ2) is 8.77. The van der Waals surface area contributed by atoms with Gasteiger partial charge in [0, 0.05) is 23.4 Å². The van der Waals surface area contributed by atoms with E-state index in [9.17, 15) is 9.59 Å². The highest BCUT2D eigenvalue weighted by molar-refractivity contribution is 7.15. The molecule has 0 saturated heterocycles. The summed E-state index contributed by atoms with van der Waals surface area (Å²) in [4.78, 5) is 29.4. The van der Waals surface area contributed by atoms with Gasteiger partial charge in [0.05, 0.1) is 12.1 Å². The highest BCUT2D eigenvalue weighted by atomic mass is 35.5. The number of carbonyl (C=O) groups is 1. The van der Waals surface area contributed by atoms with Crippen molar-refractivity contribution >= 4 is 33.8 Å². The lowest BCUT2D eigenvalue weighted by atomic mass is 10.1. The van der Waals surface area contributed by atoms with Crippen molar-refractivity contribution in [1.82, 2.24) is 19.9 Å². The van der Waals surface area contributed by atoms with Gasteiger partial charge >= 0.3 is 0 Å². The van der Waals surface area contributed by atoms with Crippen LogP contribution in [0.4, 0.5) is 0 Å². The molecule has 0 aliphatic heterocycles. The van der Waals surface area contributed by atoms with Crippen molar-refractivity contribution in [3.05, 3.63) is 97.4 Å². The number of nitrogens with one attached hydrogen (secondary N) is 1. The monoisotopic (exact) mass is 438 g/mol. The summed E-state index contributed by atoms with van der Waals surface area (Å²) in [5.41, 5.74) is 3.61. The zero-order valence-corrected chi connectivity index (χ0v) is 17.8. The Hall–Kier alpha value is -3.03. The Morgan fingerprint density at radius 3 is 2.70 bits per heavy atom. The van der Waals surface area contributed by atoms with Crippen molar-refractivity contribution in [3.63, 3.8) is 0 Å². The number of fused-ring (bicyclic) bond motifs is 1. The number of halogens is 1. The Labute approximate surface area is 182 Å². The first-order chi connectivity index (χ1) is 14.5. The average Bonchev–Trinajstić information content (AvgIpc) is 3.11. The fourth-order valence-corrected chi connectivity index (χ4v) is 4.04. The molecular weight excluding hydrogens is 420 g/mol. The number of aromatic nitrogens is 3. The smallest absolute Gasteiger partial charge is 0.296 e. The van der Waals surface area contributed by atoms with Gasteiger partial charge in [-0.25, -0.2) is 4.52 Å². The lowest BCUT2D eigenvalue weighted by molar-refractivity contribution is -0.120. The highest BCUT2D eigenvalue weighted by Gasteiger charge is 2.14. The van der Waals surface area contributed by atoms with E-state index in [1.807, 2.05) is 49.4 Å². The van der Waals surface area contributed by atoms with Crippen LogP contribution < -0.4 is 10.9 Å². The fraction of sp³-hybridized carbons (Fsp3) is 0.182. The van der Waals surface area contributed by atoms with E-state index in [1.54, 1.807) is 16.0 Å². The van der Waals surface area contributed by atoms with E-state index < -0.39 is 0 Å². The zero-order valence-electron chi connectivity index (χ0n) is 16.3. The number of amides is 1. The SMILES string of the molecule is Cc1ccc(CNC(=O)Cc2csc3nc(=O)c(Cc4ccccc4Cl)nn23)cc1. The molecule has 4 aromatic rings. The van der Waals surface area contributed by atoms with Crippen LogP contribution in [0.3, 0.4) is 0 Å². The van der Waals surface area contributed by atoms with Crippen LogP contribution in [-0.2, 0) is 24.2 Å². The van der Waals surface area contributed by atoms with Gasteiger partial charge in [0.25, 0.3) is 5.56 Å². The minimum absolute atomic E-state index is 0.122. The molecule has 2 aromatic heterocycles. The van der Waals surface area contributed by atoms with E-state index in [1.165, 1.54) is 16.9 Å². The van der Waals surface area contributed by atoms with Gasteiger partial charge in [-0.05, 0) is 24.1 Å². The number of benzene rings is 2. The first kappa shape index (κ1) is 20.3. The van der Waals surface area contributed by atoms with Gasteiger partial charge in [0.15, 0.2) is 0 Å². The fourth-order valence-electron chi connectivity index (χ4n) is 3.02. The Kier molecular flexibility index (Phi) is 5.92. The van der Waals surface area contributed by atoms with Crippen molar-refractivity contribution in [2.75, 3.05) is 0 Å². The topological polar surface area (TPSA) is 76.4 Å². The number of rotatable bonds is 6.